The molecule has 3 heteroatoms. The van der Waals surface area contributed by atoms with E-state index in [0.717, 1.165) is 17.7 Å². The van der Waals surface area contributed by atoms with Gasteiger partial charge in [-0.3, -0.25) is 0 Å². The number of ether oxygens (including phenoxy) is 1. The minimum Gasteiger partial charge on any atom is -0.492 e. The fraction of sp³-hybridized carbons (Fsp3) is 0.500. The summed E-state index contributed by atoms with van der Waals surface area (Å²) in [4.78, 5) is 0. The van der Waals surface area contributed by atoms with Crippen molar-refractivity contribution < 1.29 is 4.74 Å². The molecule has 0 radical (unpaired) electrons. The van der Waals surface area contributed by atoms with Gasteiger partial charge in [-0.15, -0.1) is 0 Å². The molecule has 0 heterocycles. The largest absolute Gasteiger partial charge is 0.492 e. The fourth-order valence-corrected chi connectivity index (χ4v) is 1.40. The SMILES string of the molecule is CCC(C)COc1ccc(CN)cc1Cl. The van der Waals surface area contributed by atoms with E-state index in [1.807, 2.05) is 18.2 Å². The molecule has 0 saturated carbocycles. The molecule has 0 aromatic heterocycles. The minimum absolute atomic E-state index is 0.505. The summed E-state index contributed by atoms with van der Waals surface area (Å²) in [6.45, 7) is 5.51. The molecular formula is C12H18ClNO. The summed E-state index contributed by atoms with van der Waals surface area (Å²) < 4.78 is 5.62. The highest BCUT2D eigenvalue weighted by Gasteiger charge is 2.04. The molecule has 15 heavy (non-hydrogen) atoms. The van der Waals surface area contributed by atoms with E-state index in [4.69, 9.17) is 22.1 Å². The van der Waals surface area contributed by atoms with Crippen LogP contribution in [0.5, 0.6) is 5.75 Å². The highest BCUT2D eigenvalue weighted by molar-refractivity contribution is 6.32. The minimum atomic E-state index is 0.505. The quantitative estimate of drug-likeness (QED) is 0.838. The molecule has 0 bridgehead atoms. The van der Waals surface area contributed by atoms with Crippen LogP contribution in [0.1, 0.15) is 25.8 Å². The van der Waals surface area contributed by atoms with Crippen LogP contribution in [0.2, 0.25) is 5.02 Å². The molecule has 1 unspecified atom stereocenters. The molecule has 0 aliphatic carbocycles. The smallest absolute Gasteiger partial charge is 0.137 e. The summed E-state index contributed by atoms with van der Waals surface area (Å²) in [5.74, 6) is 1.30. The Labute approximate surface area is 96.4 Å². The lowest BCUT2D eigenvalue weighted by molar-refractivity contribution is 0.256. The van der Waals surface area contributed by atoms with Crippen molar-refractivity contribution in [2.75, 3.05) is 6.61 Å². The molecule has 0 saturated heterocycles. The van der Waals surface area contributed by atoms with Crippen molar-refractivity contribution in [3.05, 3.63) is 28.8 Å². The maximum atomic E-state index is 6.05. The summed E-state index contributed by atoms with van der Waals surface area (Å²) in [6, 6.07) is 5.68. The van der Waals surface area contributed by atoms with Gasteiger partial charge in [-0.25, -0.2) is 0 Å². The average Bonchev–Trinajstić information content (AvgIpc) is 2.26. The van der Waals surface area contributed by atoms with E-state index in [0.29, 0.717) is 24.1 Å². The molecule has 0 amide bonds. The molecule has 1 atom stereocenters. The third-order valence-corrected chi connectivity index (χ3v) is 2.75. The van der Waals surface area contributed by atoms with Crippen molar-refractivity contribution in [3.8, 4) is 5.75 Å². The zero-order valence-corrected chi connectivity index (χ0v) is 10.1. The van der Waals surface area contributed by atoms with Gasteiger partial charge in [0.2, 0.25) is 0 Å². The lowest BCUT2D eigenvalue weighted by Gasteiger charge is -2.12. The van der Waals surface area contributed by atoms with Crippen molar-refractivity contribution in [1.82, 2.24) is 0 Å². The highest BCUT2D eigenvalue weighted by Crippen LogP contribution is 2.25. The number of benzene rings is 1. The van der Waals surface area contributed by atoms with Crippen LogP contribution < -0.4 is 10.5 Å². The first-order valence-corrected chi connectivity index (χ1v) is 5.66. The van der Waals surface area contributed by atoms with E-state index >= 15 is 0 Å². The summed E-state index contributed by atoms with van der Waals surface area (Å²) >= 11 is 6.05. The zero-order valence-electron chi connectivity index (χ0n) is 9.29. The summed E-state index contributed by atoms with van der Waals surface area (Å²) in [5, 5.41) is 0.640. The Hall–Kier alpha value is -0.730. The first kappa shape index (κ1) is 12.3. The predicted molar refractivity (Wildman–Crippen MR) is 64.3 cm³/mol. The van der Waals surface area contributed by atoms with Crippen LogP contribution in [0.4, 0.5) is 0 Å². The third-order valence-electron chi connectivity index (χ3n) is 2.45. The van der Waals surface area contributed by atoms with E-state index in [-0.39, 0.29) is 0 Å². The predicted octanol–water partition coefficient (Wildman–Crippen LogP) is 3.22. The highest BCUT2D eigenvalue weighted by atomic mass is 35.5. The van der Waals surface area contributed by atoms with Crippen LogP contribution in [0.3, 0.4) is 0 Å². The van der Waals surface area contributed by atoms with Crippen LogP contribution >= 0.6 is 11.6 Å². The van der Waals surface area contributed by atoms with E-state index in [2.05, 4.69) is 13.8 Å². The molecule has 1 aromatic rings. The summed E-state index contributed by atoms with van der Waals surface area (Å²) in [5.41, 5.74) is 6.54. The Morgan fingerprint density at radius 1 is 1.47 bits per heavy atom. The van der Waals surface area contributed by atoms with E-state index < -0.39 is 0 Å². The summed E-state index contributed by atoms with van der Waals surface area (Å²) in [6.07, 6.45) is 1.11. The topological polar surface area (TPSA) is 35.2 Å². The second-order valence-corrected chi connectivity index (χ2v) is 4.20. The third kappa shape index (κ3) is 3.73. The Morgan fingerprint density at radius 3 is 2.73 bits per heavy atom. The van der Waals surface area contributed by atoms with E-state index in [1.54, 1.807) is 0 Å². The molecule has 1 rings (SSSR count). The second kappa shape index (κ2) is 5.99. The zero-order chi connectivity index (χ0) is 11.3. The van der Waals surface area contributed by atoms with Crippen molar-refractivity contribution in [1.29, 1.82) is 0 Å². The van der Waals surface area contributed by atoms with Gasteiger partial charge in [0, 0.05) is 6.54 Å². The van der Waals surface area contributed by atoms with Crippen molar-refractivity contribution in [2.24, 2.45) is 11.7 Å². The van der Waals surface area contributed by atoms with Crippen LogP contribution in [-0.2, 0) is 6.54 Å². The first-order valence-electron chi connectivity index (χ1n) is 5.28. The molecular weight excluding hydrogens is 210 g/mol. The molecule has 2 N–H and O–H groups in total. The van der Waals surface area contributed by atoms with E-state index in [9.17, 15) is 0 Å². The Balaban J connectivity index is 2.62. The molecule has 1 aromatic carbocycles. The number of halogens is 1. The van der Waals surface area contributed by atoms with Gasteiger partial charge in [0.15, 0.2) is 0 Å². The molecule has 0 spiro atoms. The lowest BCUT2D eigenvalue weighted by Crippen LogP contribution is -2.07. The Bertz CT molecular complexity index is 314. The van der Waals surface area contributed by atoms with Crippen molar-refractivity contribution >= 4 is 11.6 Å². The van der Waals surface area contributed by atoms with Gasteiger partial charge in [-0.05, 0) is 23.6 Å². The number of hydrogen-bond donors (Lipinski definition) is 1. The van der Waals surface area contributed by atoms with Gasteiger partial charge in [-0.1, -0.05) is 37.9 Å². The maximum absolute atomic E-state index is 6.05. The van der Waals surface area contributed by atoms with Gasteiger partial charge in [0.05, 0.1) is 11.6 Å². The summed E-state index contributed by atoms with van der Waals surface area (Å²) in [7, 11) is 0. The maximum Gasteiger partial charge on any atom is 0.137 e. The average molecular weight is 228 g/mol. The molecule has 0 aliphatic heterocycles. The number of hydrogen-bond acceptors (Lipinski definition) is 2. The van der Waals surface area contributed by atoms with Gasteiger partial charge < -0.3 is 10.5 Å². The molecule has 0 aliphatic rings. The van der Waals surface area contributed by atoms with Crippen LogP contribution in [0.15, 0.2) is 18.2 Å². The Kier molecular flexibility index (Phi) is 4.92. The lowest BCUT2D eigenvalue weighted by atomic mass is 10.1. The van der Waals surface area contributed by atoms with Crippen LogP contribution in [-0.4, -0.2) is 6.61 Å². The van der Waals surface area contributed by atoms with Crippen LogP contribution in [0.25, 0.3) is 0 Å². The number of nitrogens with two attached hydrogens (primary N) is 1. The van der Waals surface area contributed by atoms with Gasteiger partial charge >= 0.3 is 0 Å². The second-order valence-electron chi connectivity index (χ2n) is 3.79. The van der Waals surface area contributed by atoms with E-state index in [1.165, 1.54) is 0 Å². The van der Waals surface area contributed by atoms with Gasteiger partial charge in [0.25, 0.3) is 0 Å². The van der Waals surface area contributed by atoms with Crippen LogP contribution in [0, 0.1) is 5.92 Å². The van der Waals surface area contributed by atoms with Crippen molar-refractivity contribution in [3.63, 3.8) is 0 Å². The first-order chi connectivity index (χ1) is 7.17. The van der Waals surface area contributed by atoms with Gasteiger partial charge in [0.1, 0.15) is 5.75 Å². The normalized spacial score (nSPS) is 12.5. The number of rotatable bonds is 5. The van der Waals surface area contributed by atoms with Crippen molar-refractivity contribution in [2.45, 2.75) is 26.8 Å². The monoisotopic (exact) mass is 227 g/mol. The molecule has 2 nitrogen and oxygen atoms in total. The standard InChI is InChI=1S/C12H18ClNO/c1-3-9(2)8-15-12-5-4-10(7-14)6-11(12)13/h4-6,9H,3,7-8,14H2,1-2H3. The fourth-order valence-electron chi connectivity index (χ4n) is 1.14. The van der Waals surface area contributed by atoms with Gasteiger partial charge in [-0.2, -0.15) is 0 Å². The molecule has 84 valence electrons. The molecule has 0 fully saturated rings. The Morgan fingerprint density at radius 2 is 2.20 bits per heavy atom.